The quantitative estimate of drug-likeness (QED) is 0.624. The Kier molecular flexibility index (Phi) is 6.53. The summed E-state index contributed by atoms with van der Waals surface area (Å²) in [5, 5.41) is 0. The summed E-state index contributed by atoms with van der Waals surface area (Å²) < 4.78 is 36.5. The molecule has 0 amide bonds. The van der Waals surface area contributed by atoms with Crippen LogP contribution in [0, 0.1) is 0 Å². The van der Waals surface area contributed by atoms with Crippen molar-refractivity contribution in [3.63, 3.8) is 0 Å². The van der Waals surface area contributed by atoms with Gasteiger partial charge in [0.1, 0.15) is 17.8 Å². The number of benzene rings is 2. The second-order valence-corrected chi connectivity index (χ2v) is 8.28. The SMILES string of the molecule is COC[C@]1(COCc2ccccc2)O[C@H]2OC(C)(C)OC2C1OCc1ccccc1. The Morgan fingerprint density at radius 1 is 0.800 bits per heavy atom. The van der Waals surface area contributed by atoms with Crippen molar-refractivity contribution in [2.45, 2.75) is 56.9 Å². The Balaban J connectivity index is 1.51. The lowest BCUT2D eigenvalue weighted by Crippen LogP contribution is -2.53. The molecule has 2 aliphatic heterocycles. The molecule has 4 rings (SSSR count). The van der Waals surface area contributed by atoms with Crippen molar-refractivity contribution in [2.24, 2.45) is 0 Å². The van der Waals surface area contributed by atoms with Crippen LogP contribution in [0.5, 0.6) is 0 Å². The van der Waals surface area contributed by atoms with Gasteiger partial charge in [0.25, 0.3) is 0 Å². The number of ether oxygens (including phenoxy) is 6. The number of methoxy groups -OCH3 is 1. The summed E-state index contributed by atoms with van der Waals surface area (Å²) in [6.45, 7) is 5.28. The predicted octanol–water partition coefficient (Wildman–Crippen LogP) is 3.68. The standard InChI is InChI=1S/C24H30O6/c1-23(2)28-20-21(27-15-19-12-8-5-9-13-19)24(16-25-3,30-22(20)29-23)17-26-14-18-10-6-4-7-11-18/h4-13,20-22H,14-17H2,1-3H3/t20?,21?,22-,24-/m1/s1. The van der Waals surface area contributed by atoms with E-state index >= 15 is 0 Å². The molecule has 2 heterocycles. The summed E-state index contributed by atoms with van der Waals surface area (Å²) in [5.74, 6) is -0.728. The van der Waals surface area contributed by atoms with Crippen LogP contribution in [0.4, 0.5) is 0 Å². The molecule has 4 atom stereocenters. The number of rotatable bonds is 9. The maximum atomic E-state index is 6.38. The molecule has 0 bridgehead atoms. The van der Waals surface area contributed by atoms with E-state index in [4.69, 9.17) is 28.4 Å². The first-order valence-corrected chi connectivity index (χ1v) is 10.3. The van der Waals surface area contributed by atoms with Crippen molar-refractivity contribution in [1.82, 2.24) is 0 Å². The molecule has 0 N–H and O–H groups in total. The van der Waals surface area contributed by atoms with Gasteiger partial charge in [-0.1, -0.05) is 60.7 Å². The topological polar surface area (TPSA) is 55.4 Å². The van der Waals surface area contributed by atoms with Crippen LogP contribution in [0.3, 0.4) is 0 Å². The van der Waals surface area contributed by atoms with Gasteiger partial charge in [0, 0.05) is 7.11 Å². The lowest BCUT2D eigenvalue weighted by Gasteiger charge is -2.36. The zero-order chi connectivity index (χ0) is 21.0. The molecule has 30 heavy (non-hydrogen) atoms. The fraction of sp³-hybridized carbons (Fsp3) is 0.500. The zero-order valence-electron chi connectivity index (χ0n) is 17.8. The predicted molar refractivity (Wildman–Crippen MR) is 111 cm³/mol. The number of hydrogen-bond acceptors (Lipinski definition) is 6. The molecule has 2 aromatic carbocycles. The molecule has 6 nitrogen and oxygen atoms in total. The van der Waals surface area contributed by atoms with E-state index in [0.717, 1.165) is 11.1 Å². The van der Waals surface area contributed by atoms with Crippen molar-refractivity contribution >= 4 is 0 Å². The monoisotopic (exact) mass is 414 g/mol. The Labute approximate surface area is 178 Å². The van der Waals surface area contributed by atoms with E-state index in [1.165, 1.54) is 0 Å². The molecule has 0 radical (unpaired) electrons. The van der Waals surface area contributed by atoms with Crippen LogP contribution >= 0.6 is 0 Å². The number of fused-ring (bicyclic) bond motifs is 1. The molecule has 0 spiro atoms. The Hall–Kier alpha value is -1.80. The van der Waals surface area contributed by atoms with Crippen LogP contribution in [0.2, 0.25) is 0 Å². The molecule has 0 aliphatic carbocycles. The van der Waals surface area contributed by atoms with Gasteiger partial charge < -0.3 is 28.4 Å². The summed E-state index contributed by atoms with van der Waals surface area (Å²) in [6, 6.07) is 20.1. The lowest BCUT2D eigenvalue weighted by atomic mass is 9.96. The molecule has 0 saturated carbocycles. The van der Waals surface area contributed by atoms with Gasteiger partial charge in [-0.15, -0.1) is 0 Å². The highest BCUT2D eigenvalue weighted by atomic mass is 16.8. The highest BCUT2D eigenvalue weighted by molar-refractivity contribution is 5.15. The van der Waals surface area contributed by atoms with Gasteiger partial charge in [-0.25, -0.2) is 0 Å². The van der Waals surface area contributed by atoms with Crippen LogP contribution in [0.1, 0.15) is 25.0 Å². The molecule has 2 unspecified atom stereocenters. The second-order valence-electron chi connectivity index (χ2n) is 8.28. The molecule has 2 saturated heterocycles. The van der Waals surface area contributed by atoms with E-state index in [-0.39, 0.29) is 6.10 Å². The maximum Gasteiger partial charge on any atom is 0.190 e. The molecule has 0 aromatic heterocycles. The molecule has 2 aromatic rings. The van der Waals surface area contributed by atoms with Crippen molar-refractivity contribution < 1.29 is 28.4 Å². The van der Waals surface area contributed by atoms with E-state index in [0.29, 0.717) is 26.4 Å². The van der Waals surface area contributed by atoms with Gasteiger partial charge in [0.05, 0.1) is 26.4 Å². The average Bonchev–Trinajstić information content (AvgIpc) is 3.17. The van der Waals surface area contributed by atoms with Crippen LogP contribution in [0.15, 0.2) is 60.7 Å². The van der Waals surface area contributed by atoms with Gasteiger partial charge >= 0.3 is 0 Å². The van der Waals surface area contributed by atoms with Gasteiger partial charge in [-0.05, 0) is 25.0 Å². The normalized spacial score (nSPS) is 29.8. The van der Waals surface area contributed by atoms with Gasteiger partial charge in [0.15, 0.2) is 12.1 Å². The minimum absolute atomic E-state index is 0.301. The van der Waals surface area contributed by atoms with Gasteiger partial charge in [0.2, 0.25) is 0 Å². The fourth-order valence-corrected chi connectivity index (χ4v) is 4.09. The minimum atomic E-state index is -0.829. The van der Waals surface area contributed by atoms with Gasteiger partial charge in [-0.3, -0.25) is 0 Å². The Morgan fingerprint density at radius 3 is 2.07 bits per heavy atom. The summed E-state index contributed by atoms with van der Waals surface area (Å²) in [7, 11) is 1.65. The first-order valence-electron chi connectivity index (χ1n) is 10.3. The average molecular weight is 414 g/mol. The van der Waals surface area contributed by atoms with E-state index < -0.39 is 23.8 Å². The molecule has 6 heteroatoms. The lowest BCUT2D eigenvalue weighted by molar-refractivity contribution is -0.263. The van der Waals surface area contributed by atoms with Crippen LogP contribution in [-0.2, 0) is 41.6 Å². The van der Waals surface area contributed by atoms with Crippen molar-refractivity contribution in [3.05, 3.63) is 71.8 Å². The van der Waals surface area contributed by atoms with Crippen molar-refractivity contribution in [3.8, 4) is 0 Å². The Bertz CT molecular complexity index is 796. The van der Waals surface area contributed by atoms with Crippen LogP contribution in [-0.4, -0.2) is 50.2 Å². The Morgan fingerprint density at radius 2 is 1.43 bits per heavy atom. The minimum Gasteiger partial charge on any atom is -0.381 e. The first-order chi connectivity index (χ1) is 14.5. The van der Waals surface area contributed by atoms with Crippen molar-refractivity contribution in [2.75, 3.05) is 20.3 Å². The first kappa shape index (κ1) is 21.4. The third-order valence-electron chi connectivity index (χ3n) is 5.37. The molecular weight excluding hydrogens is 384 g/mol. The van der Waals surface area contributed by atoms with E-state index in [9.17, 15) is 0 Å². The third kappa shape index (κ3) is 4.75. The highest BCUT2D eigenvalue weighted by Gasteiger charge is 2.62. The second kappa shape index (κ2) is 9.14. The van der Waals surface area contributed by atoms with Crippen LogP contribution < -0.4 is 0 Å². The van der Waals surface area contributed by atoms with E-state index in [1.54, 1.807) is 7.11 Å². The van der Waals surface area contributed by atoms with E-state index in [2.05, 4.69) is 0 Å². The molecule has 2 aliphatic rings. The summed E-state index contributed by atoms with van der Waals surface area (Å²) in [4.78, 5) is 0. The zero-order valence-corrected chi connectivity index (χ0v) is 17.8. The maximum absolute atomic E-state index is 6.38. The smallest absolute Gasteiger partial charge is 0.190 e. The molecule has 162 valence electrons. The summed E-state index contributed by atoms with van der Waals surface area (Å²) >= 11 is 0. The summed E-state index contributed by atoms with van der Waals surface area (Å²) in [5.41, 5.74) is 1.35. The highest BCUT2D eigenvalue weighted by Crippen LogP contribution is 2.44. The summed E-state index contributed by atoms with van der Waals surface area (Å²) in [6.07, 6.45) is -1.30. The fourth-order valence-electron chi connectivity index (χ4n) is 4.09. The number of hydrogen-bond donors (Lipinski definition) is 0. The van der Waals surface area contributed by atoms with Crippen molar-refractivity contribution in [1.29, 1.82) is 0 Å². The van der Waals surface area contributed by atoms with E-state index in [1.807, 2.05) is 74.5 Å². The molecule has 2 fully saturated rings. The largest absolute Gasteiger partial charge is 0.381 e. The third-order valence-corrected chi connectivity index (χ3v) is 5.37. The van der Waals surface area contributed by atoms with Crippen LogP contribution in [0.25, 0.3) is 0 Å². The molecular formula is C24H30O6. The van der Waals surface area contributed by atoms with Gasteiger partial charge in [-0.2, -0.15) is 0 Å².